The van der Waals surface area contributed by atoms with E-state index in [0.717, 1.165) is 31.4 Å². The molecule has 0 saturated heterocycles. The molecule has 19 heavy (non-hydrogen) atoms. The number of ether oxygens (including phenoxy) is 1. The van der Waals surface area contributed by atoms with Crippen LogP contribution in [0.3, 0.4) is 0 Å². The van der Waals surface area contributed by atoms with Crippen molar-refractivity contribution in [1.29, 1.82) is 0 Å². The van der Waals surface area contributed by atoms with Crippen LogP contribution in [0.25, 0.3) is 0 Å². The van der Waals surface area contributed by atoms with Gasteiger partial charge in [-0.25, -0.2) is 0 Å². The molecule has 3 nitrogen and oxygen atoms in total. The van der Waals surface area contributed by atoms with Gasteiger partial charge in [0.25, 0.3) is 0 Å². The summed E-state index contributed by atoms with van der Waals surface area (Å²) in [6, 6.07) is 10.3. The molecule has 1 aliphatic carbocycles. The summed E-state index contributed by atoms with van der Waals surface area (Å²) in [4.78, 5) is 11.3. The van der Waals surface area contributed by atoms with Gasteiger partial charge in [-0.05, 0) is 36.8 Å². The van der Waals surface area contributed by atoms with Gasteiger partial charge in [-0.2, -0.15) is 0 Å². The molecule has 0 aromatic heterocycles. The zero-order valence-corrected chi connectivity index (χ0v) is 11.0. The van der Waals surface area contributed by atoms with E-state index in [-0.39, 0.29) is 5.91 Å². The summed E-state index contributed by atoms with van der Waals surface area (Å²) in [5, 5.41) is 3.00. The minimum Gasteiger partial charge on any atom is -0.373 e. The highest BCUT2D eigenvalue weighted by atomic mass is 16.5. The maximum absolute atomic E-state index is 11.3. The summed E-state index contributed by atoms with van der Waals surface area (Å²) in [7, 11) is 0. The second-order valence-electron chi connectivity index (χ2n) is 5.29. The van der Waals surface area contributed by atoms with Gasteiger partial charge in [-0.1, -0.05) is 30.3 Å². The molecule has 0 saturated carbocycles. The average Bonchev–Trinajstić information content (AvgIpc) is 2.46. The Labute approximate surface area is 113 Å². The molecule has 0 spiro atoms. The van der Waals surface area contributed by atoms with Crippen molar-refractivity contribution in [3.8, 4) is 0 Å². The first-order valence-electron chi connectivity index (χ1n) is 6.97. The number of nitrogens with one attached hydrogen (secondary N) is 1. The van der Waals surface area contributed by atoms with Crippen molar-refractivity contribution in [3.63, 3.8) is 0 Å². The fourth-order valence-electron chi connectivity index (χ4n) is 2.81. The van der Waals surface area contributed by atoms with E-state index in [1.54, 1.807) is 0 Å². The van der Waals surface area contributed by atoms with Crippen LogP contribution in [0.1, 0.15) is 37.7 Å². The van der Waals surface area contributed by atoms with E-state index in [4.69, 9.17) is 4.74 Å². The van der Waals surface area contributed by atoms with Crippen molar-refractivity contribution < 1.29 is 9.53 Å². The summed E-state index contributed by atoms with van der Waals surface area (Å²) in [5.74, 6) is 0.169. The third kappa shape index (κ3) is 3.04. The molecule has 0 fully saturated rings. The molecule has 1 aliphatic heterocycles. The van der Waals surface area contributed by atoms with Gasteiger partial charge in [-0.15, -0.1) is 0 Å². The Morgan fingerprint density at radius 1 is 1.16 bits per heavy atom. The van der Waals surface area contributed by atoms with E-state index in [1.807, 2.05) is 18.2 Å². The van der Waals surface area contributed by atoms with Gasteiger partial charge in [0.2, 0.25) is 5.91 Å². The molecule has 3 rings (SSSR count). The molecule has 0 bridgehead atoms. The first-order chi connectivity index (χ1) is 9.31. The fraction of sp³-hybridized carbons (Fsp3) is 0.438. The van der Waals surface area contributed by atoms with Crippen LogP contribution in [0.4, 0.5) is 0 Å². The van der Waals surface area contributed by atoms with Crippen molar-refractivity contribution in [2.45, 2.75) is 44.8 Å². The quantitative estimate of drug-likeness (QED) is 0.904. The number of allylic oxidation sites excluding steroid dienone is 1. The normalized spacial score (nSPS) is 22.9. The Hall–Kier alpha value is -1.61. The lowest BCUT2D eigenvalue weighted by Crippen LogP contribution is -2.32. The first-order valence-corrected chi connectivity index (χ1v) is 6.97. The van der Waals surface area contributed by atoms with Crippen molar-refractivity contribution in [2.75, 3.05) is 0 Å². The SMILES string of the molecule is O=C1CCC2=C(CCC(OCc3ccccc3)C2)N1. The molecule has 1 heterocycles. The molecular weight excluding hydrogens is 238 g/mol. The molecule has 100 valence electrons. The lowest BCUT2D eigenvalue weighted by Gasteiger charge is -2.30. The highest BCUT2D eigenvalue weighted by Crippen LogP contribution is 2.31. The Morgan fingerprint density at radius 2 is 2.00 bits per heavy atom. The van der Waals surface area contributed by atoms with E-state index in [2.05, 4.69) is 17.4 Å². The largest absolute Gasteiger partial charge is 0.373 e. The number of carbonyl (C=O) groups excluding carboxylic acids is 1. The summed E-state index contributed by atoms with van der Waals surface area (Å²) in [5.41, 5.74) is 3.78. The first kappa shape index (κ1) is 12.4. The monoisotopic (exact) mass is 257 g/mol. The van der Waals surface area contributed by atoms with Crippen molar-refractivity contribution in [1.82, 2.24) is 5.32 Å². The van der Waals surface area contributed by atoms with Gasteiger partial charge in [0, 0.05) is 12.1 Å². The second kappa shape index (κ2) is 5.57. The summed E-state index contributed by atoms with van der Waals surface area (Å²) in [6.45, 7) is 0.681. The third-order valence-electron chi connectivity index (χ3n) is 3.89. The number of hydrogen-bond donors (Lipinski definition) is 1. The Balaban J connectivity index is 1.56. The number of carbonyl (C=O) groups is 1. The molecular formula is C16H19NO2. The molecule has 0 radical (unpaired) electrons. The van der Waals surface area contributed by atoms with Crippen LogP contribution in [0.2, 0.25) is 0 Å². The van der Waals surface area contributed by atoms with Gasteiger partial charge in [0.05, 0.1) is 12.7 Å². The van der Waals surface area contributed by atoms with Crippen molar-refractivity contribution in [2.24, 2.45) is 0 Å². The van der Waals surface area contributed by atoms with Gasteiger partial charge >= 0.3 is 0 Å². The van der Waals surface area contributed by atoms with Gasteiger partial charge < -0.3 is 10.1 Å². The smallest absolute Gasteiger partial charge is 0.224 e. The Bertz CT molecular complexity index is 493. The molecule has 1 amide bonds. The highest BCUT2D eigenvalue weighted by Gasteiger charge is 2.25. The van der Waals surface area contributed by atoms with Crippen LogP contribution in [0.15, 0.2) is 41.6 Å². The number of amides is 1. The second-order valence-corrected chi connectivity index (χ2v) is 5.29. The molecule has 1 aromatic rings. The minimum atomic E-state index is 0.169. The topological polar surface area (TPSA) is 38.3 Å². The van der Waals surface area contributed by atoms with Crippen LogP contribution in [-0.4, -0.2) is 12.0 Å². The average molecular weight is 257 g/mol. The van der Waals surface area contributed by atoms with Gasteiger partial charge in [-0.3, -0.25) is 4.79 Å². The molecule has 1 unspecified atom stereocenters. The minimum absolute atomic E-state index is 0.169. The predicted octanol–water partition coefficient (Wildman–Crippen LogP) is 2.92. The maximum Gasteiger partial charge on any atom is 0.224 e. The molecule has 1 atom stereocenters. The van der Waals surface area contributed by atoms with E-state index in [1.165, 1.54) is 11.1 Å². The number of hydrogen-bond acceptors (Lipinski definition) is 2. The molecule has 2 aliphatic rings. The Kier molecular flexibility index (Phi) is 3.65. The third-order valence-corrected chi connectivity index (χ3v) is 3.89. The molecule has 1 aromatic carbocycles. The molecule has 3 heteroatoms. The van der Waals surface area contributed by atoms with Crippen LogP contribution >= 0.6 is 0 Å². The number of benzene rings is 1. The van der Waals surface area contributed by atoms with Gasteiger partial charge in [0.1, 0.15) is 0 Å². The summed E-state index contributed by atoms with van der Waals surface area (Å²) >= 11 is 0. The van der Waals surface area contributed by atoms with Crippen molar-refractivity contribution in [3.05, 3.63) is 47.2 Å². The van der Waals surface area contributed by atoms with E-state index in [0.29, 0.717) is 19.1 Å². The van der Waals surface area contributed by atoms with Crippen LogP contribution in [-0.2, 0) is 16.1 Å². The van der Waals surface area contributed by atoms with E-state index < -0.39 is 0 Å². The molecule has 1 N–H and O–H groups in total. The predicted molar refractivity (Wildman–Crippen MR) is 73.3 cm³/mol. The van der Waals surface area contributed by atoms with E-state index in [9.17, 15) is 4.79 Å². The summed E-state index contributed by atoms with van der Waals surface area (Å²) < 4.78 is 6.00. The fourth-order valence-corrected chi connectivity index (χ4v) is 2.81. The highest BCUT2D eigenvalue weighted by molar-refractivity contribution is 5.79. The van der Waals surface area contributed by atoms with Crippen molar-refractivity contribution >= 4 is 5.91 Å². The standard InChI is InChI=1S/C16H19NO2/c18-16-9-6-13-10-14(7-8-15(13)17-16)19-11-12-4-2-1-3-5-12/h1-5,14H,6-11H2,(H,17,18). The van der Waals surface area contributed by atoms with E-state index >= 15 is 0 Å². The zero-order chi connectivity index (χ0) is 13.1. The Morgan fingerprint density at radius 3 is 2.84 bits per heavy atom. The zero-order valence-electron chi connectivity index (χ0n) is 11.0. The van der Waals surface area contributed by atoms with Gasteiger partial charge in [0.15, 0.2) is 0 Å². The lowest BCUT2D eigenvalue weighted by atomic mass is 9.88. The number of rotatable bonds is 3. The maximum atomic E-state index is 11.3. The summed E-state index contributed by atoms with van der Waals surface area (Å²) in [6.07, 6.45) is 4.76. The lowest BCUT2D eigenvalue weighted by molar-refractivity contribution is -0.121. The van der Waals surface area contributed by atoms with Crippen LogP contribution in [0.5, 0.6) is 0 Å². The van der Waals surface area contributed by atoms with Crippen LogP contribution < -0.4 is 5.32 Å². The van der Waals surface area contributed by atoms with Crippen LogP contribution in [0, 0.1) is 0 Å².